The van der Waals surface area contributed by atoms with Gasteiger partial charge in [0, 0.05) is 17.6 Å². The Hall–Kier alpha value is -0.610. The molecule has 1 aromatic carbocycles. The zero-order chi connectivity index (χ0) is 13.3. The van der Waals surface area contributed by atoms with Crippen LogP contribution in [0.15, 0.2) is 18.2 Å². The van der Waals surface area contributed by atoms with Gasteiger partial charge in [-0.05, 0) is 35.1 Å². The molecule has 2 rings (SSSR count). The van der Waals surface area contributed by atoms with Crippen LogP contribution in [0.5, 0.6) is 0 Å². The first-order chi connectivity index (χ1) is 8.44. The molecule has 0 heterocycles. The SMILES string of the molecule is CC1(C)Cc2ccc(Cl)cc2C1NCC(O)CO. The number of benzene rings is 1. The van der Waals surface area contributed by atoms with Gasteiger partial charge in [-0.1, -0.05) is 31.5 Å². The number of rotatable bonds is 4. The van der Waals surface area contributed by atoms with E-state index in [4.69, 9.17) is 16.7 Å². The van der Waals surface area contributed by atoms with Gasteiger partial charge < -0.3 is 15.5 Å². The Morgan fingerprint density at radius 3 is 2.89 bits per heavy atom. The van der Waals surface area contributed by atoms with E-state index >= 15 is 0 Å². The minimum Gasteiger partial charge on any atom is -0.394 e. The van der Waals surface area contributed by atoms with Crippen LogP contribution < -0.4 is 5.32 Å². The van der Waals surface area contributed by atoms with E-state index in [2.05, 4.69) is 25.2 Å². The van der Waals surface area contributed by atoms with Crippen molar-refractivity contribution in [3.63, 3.8) is 0 Å². The van der Waals surface area contributed by atoms with Gasteiger partial charge in [0.1, 0.15) is 0 Å². The van der Waals surface area contributed by atoms with Crippen molar-refractivity contribution in [1.29, 1.82) is 0 Å². The number of aliphatic hydroxyl groups is 2. The zero-order valence-electron chi connectivity index (χ0n) is 10.8. The van der Waals surface area contributed by atoms with Crippen LogP contribution in [0.4, 0.5) is 0 Å². The van der Waals surface area contributed by atoms with Crippen LogP contribution >= 0.6 is 11.6 Å². The normalized spacial score (nSPS) is 22.8. The monoisotopic (exact) mass is 269 g/mol. The summed E-state index contributed by atoms with van der Waals surface area (Å²) in [4.78, 5) is 0. The van der Waals surface area contributed by atoms with Gasteiger partial charge in [0.2, 0.25) is 0 Å². The summed E-state index contributed by atoms with van der Waals surface area (Å²) >= 11 is 6.05. The zero-order valence-corrected chi connectivity index (χ0v) is 11.5. The van der Waals surface area contributed by atoms with E-state index in [9.17, 15) is 5.11 Å². The van der Waals surface area contributed by atoms with E-state index in [1.165, 1.54) is 11.1 Å². The molecule has 0 saturated carbocycles. The minimum atomic E-state index is -0.718. The second-order valence-electron chi connectivity index (χ2n) is 5.69. The van der Waals surface area contributed by atoms with Gasteiger partial charge in [-0.15, -0.1) is 0 Å². The smallest absolute Gasteiger partial charge is 0.0895 e. The molecule has 4 heteroatoms. The average Bonchev–Trinajstić information content (AvgIpc) is 2.56. The molecule has 1 aliphatic carbocycles. The molecule has 3 N–H and O–H groups in total. The third kappa shape index (κ3) is 2.69. The largest absolute Gasteiger partial charge is 0.394 e. The van der Waals surface area contributed by atoms with Gasteiger partial charge >= 0.3 is 0 Å². The van der Waals surface area contributed by atoms with Crippen molar-refractivity contribution in [2.75, 3.05) is 13.2 Å². The number of hydrogen-bond donors (Lipinski definition) is 3. The van der Waals surface area contributed by atoms with Crippen LogP contribution in [0.3, 0.4) is 0 Å². The molecule has 2 atom stereocenters. The molecule has 18 heavy (non-hydrogen) atoms. The first-order valence-corrected chi connectivity index (χ1v) is 6.62. The maximum Gasteiger partial charge on any atom is 0.0895 e. The summed E-state index contributed by atoms with van der Waals surface area (Å²) in [5.41, 5.74) is 2.60. The van der Waals surface area contributed by atoms with Gasteiger partial charge in [-0.3, -0.25) is 0 Å². The molecule has 0 amide bonds. The fourth-order valence-corrected chi connectivity index (χ4v) is 2.89. The second kappa shape index (κ2) is 5.17. The molecule has 0 radical (unpaired) electrons. The van der Waals surface area contributed by atoms with Crippen molar-refractivity contribution >= 4 is 11.6 Å². The Morgan fingerprint density at radius 2 is 2.22 bits per heavy atom. The quantitative estimate of drug-likeness (QED) is 0.783. The van der Waals surface area contributed by atoms with Crippen molar-refractivity contribution < 1.29 is 10.2 Å². The van der Waals surface area contributed by atoms with Gasteiger partial charge in [0.05, 0.1) is 12.7 Å². The molecule has 0 spiro atoms. The highest BCUT2D eigenvalue weighted by atomic mass is 35.5. The fraction of sp³-hybridized carbons (Fsp3) is 0.571. The van der Waals surface area contributed by atoms with Gasteiger partial charge in [0.15, 0.2) is 0 Å². The molecule has 3 nitrogen and oxygen atoms in total. The molecule has 1 aliphatic rings. The Bertz CT molecular complexity index is 434. The number of fused-ring (bicyclic) bond motifs is 1. The van der Waals surface area contributed by atoms with Gasteiger partial charge in [0.25, 0.3) is 0 Å². The summed E-state index contributed by atoms with van der Waals surface area (Å²) in [5, 5.41) is 22.4. The highest BCUT2D eigenvalue weighted by molar-refractivity contribution is 6.30. The summed E-state index contributed by atoms with van der Waals surface area (Å²) < 4.78 is 0. The Labute approximate surface area is 113 Å². The average molecular weight is 270 g/mol. The van der Waals surface area contributed by atoms with Crippen molar-refractivity contribution in [2.45, 2.75) is 32.4 Å². The Balaban J connectivity index is 2.20. The summed E-state index contributed by atoms with van der Waals surface area (Å²) in [6.45, 7) is 4.56. The Kier molecular flexibility index (Phi) is 3.97. The van der Waals surface area contributed by atoms with Gasteiger partial charge in [-0.2, -0.15) is 0 Å². The lowest BCUT2D eigenvalue weighted by molar-refractivity contribution is 0.0867. The van der Waals surface area contributed by atoms with E-state index in [1.54, 1.807) is 0 Å². The second-order valence-corrected chi connectivity index (χ2v) is 6.12. The number of aliphatic hydroxyl groups excluding tert-OH is 2. The minimum absolute atomic E-state index is 0.0855. The first kappa shape index (κ1) is 13.8. The topological polar surface area (TPSA) is 52.5 Å². The van der Waals surface area contributed by atoms with E-state index in [1.807, 2.05) is 12.1 Å². The lowest BCUT2D eigenvalue weighted by Crippen LogP contribution is -2.37. The van der Waals surface area contributed by atoms with Crippen LogP contribution in [-0.2, 0) is 6.42 Å². The van der Waals surface area contributed by atoms with Crippen LogP contribution in [0.1, 0.15) is 31.0 Å². The molecule has 100 valence electrons. The predicted octanol–water partition coefficient (Wildman–Crippen LogP) is 1.91. The van der Waals surface area contributed by atoms with E-state index in [-0.39, 0.29) is 18.1 Å². The predicted molar refractivity (Wildman–Crippen MR) is 72.8 cm³/mol. The van der Waals surface area contributed by atoms with Crippen LogP contribution in [0.2, 0.25) is 5.02 Å². The summed E-state index contributed by atoms with van der Waals surface area (Å²) in [5.74, 6) is 0. The summed E-state index contributed by atoms with van der Waals surface area (Å²) in [7, 11) is 0. The van der Waals surface area contributed by atoms with Crippen molar-refractivity contribution in [1.82, 2.24) is 5.32 Å². The lowest BCUT2D eigenvalue weighted by atomic mass is 9.85. The molecule has 1 aromatic rings. The van der Waals surface area contributed by atoms with E-state index < -0.39 is 6.10 Å². The molecule has 0 aliphatic heterocycles. The first-order valence-electron chi connectivity index (χ1n) is 6.24. The third-order valence-electron chi connectivity index (χ3n) is 3.61. The molecular weight excluding hydrogens is 250 g/mol. The van der Waals surface area contributed by atoms with Gasteiger partial charge in [-0.25, -0.2) is 0 Å². The van der Waals surface area contributed by atoms with Crippen molar-refractivity contribution in [3.05, 3.63) is 34.3 Å². The van der Waals surface area contributed by atoms with Crippen LogP contribution in [0.25, 0.3) is 0 Å². The maximum absolute atomic E-state index is 9.45. The molecule has 0 aromatic heterocycles. The molecule has 2 unspecified atom stereocenters. The number of hydrogen-bond acceptors (Lipinski definition) is 3. The maximum atomic E-state index is 9.45. The lowest BCUT2D eigenvalue weighted by Gasteiger charge is -2.29. The number of halogens is 1. The standard InChI is InChI=1S/C14H20ClNO2/c1-14(2)6-9-3-4-10(15)5-12(9)13(14)16-7-11(18)8-17/h3-5,11,13,16-18H,6-8H2,1-2H3. The molecule has 0 fully saturated rings. The molecular formula is C14H20ClNO2. The molecule has 0 bridgehead atoms. The van der Waals surface area contributed by atoms with E-state index in [0.717, 1.165) is 11.4 Å². The molecule has 0 saturated heterocycles. The highest BCUT2D eigenvalue weighted by Gasteiger charge is 2.38. The van der Waals surface area contributed by atoms with E-state index in [0.29, 0.717) is 6.54 Å². The Morgan fingerprint density at radius 1 is 1.50 bits per heavy atom. The highest BCUT2D eigenvalue weighted by Crippen LogP contribution is 2.45. The third-order valence-corrected chi connectivity index (χ3v) is 3.85. The summed E-state index contributed by atoms with van der Waals surface area (Å²) in [6, 6.07) is 6.15. The number of nitrogens with one attached hydrogen (secondary N) is 1. The summed E-state index contributed by atoms with van der Waals surface area (Å²) in [6.07, 6.45) is 0.274. The van der Waals surface area contributed by atoms with Crippen LogP contribution in [-0.4, -0.2) is 29.5 Å². The van der Waals surface area contributed by atoms with Crippen molar-refractivity contribution in [3.8, 4) is 0 Å². The fourth-order valence-electron chi connectivity index (χ4n) is 2.71. The van der Waals surface area contributed by atoms with Crippen molar-refractivity contribution in [2.24, 2.45) is 5.41 Å². The van der Waals surface area contributed by atoms with Crippen LogP contribution in [0, 0.1) is 5.41 Å².